The summed E-state index contributed by atoms with van der Waals surface area (Å²) in [6.45, 7) is 1.88. The van der Waals surface area contributed by atoms with Crippen molar-refractivity contribution in [3.63, 3.8) is 0 Å². The first-order chi connectivity index (χ1) is 10.7. The molecule has 2 aromatic carbocycles. The van der Waals surface area contributed by atoms with Crippen LogP contribution in [0.5, 0.6) is 0 Å². The second kappa shape index (κ2) is 5.52. The first-order valence-electron chi connectivity index (χ1n) is 7.35. The minimum Gasteiger partial charge on any atom is -0.360 e. The number of benzene rings is 2. The topological polar surface area (TPSA) is 19.0 Å². The van der Waals surface area contributed by atoms with Gasteiger partial charge in [-0.15, -0.1) is 0 Å². The van der Waals surface area contributed by atoms with Crippen LogP contribution in [-0.2, 0) is 13.0 Å². The van der Waals surface area contributed by atoms with Crippen LogP contribution in [0.2, 0.25) is 0 Å². The van der Waals surface area contributed by atoms with Gasteiger partial charge in [-0.3, -0.25) is 0 Å². The predicted octanol–water partition coefficient (Wildman–Crippen LogP) is 4.66. The molecule has 0 radical (unpaired) electrons. The number of thiocarbonyl (C=S) groups is 1. The Morgan fingerprint density at radius 1 is 1.14 bits per heavy atom. The van der Waals surface area contributed by atoms with E-state index in [-0.39, 0.29) is 0 Å². The summed E-state index contributed by atoms with van der Waals surface area (Å²) >= 11 is 9.33. The van der Waals surface area contributed by atoms with Crippen LogP contribution in [0.1, 0.15) is 16.7 Å². The summed E-state index contributed by atoms with van der Waals surface area (Å²) in [5.41, 5.74) is 5.07. The van der Waals surface area contributed by atoms with Crippen LogP contribution in [0.25, 0.3) is 10.9 Å². The van der Waals surface area contributed by atoms with Gasteiger partial charge in [-0.05, 0) is 35.7 Å². The number of aromatic nitrogens is 1. The highest BCUT2D eigenvalue weighted by atomic mass is 79.9. The normalized spacial score (nSPS) is 14.1. The number of aromatic amines is 1. The minimum absolute atomic E-state index is 0.898. The molecule has 0 fully saturated rings. The van der Waals surface area contributed by atoms with Crippen LogP contribution in [0.4, 0.5) is 0 Å². The summed E-state index contributed by atoms with van der Waals surface area (Å²) in [5, 5.41) is 1.18. The van der Waals surface area contributed by atoms with Crippen molar-refractivity contribution in [3.05, 3.63) is 69.8 Å². The van der Waals surface area contributed by atoms with Crippen molar-refractivity contribution in [2.45, 2.75) is 13.0 Å². The Labute approximate surface area is 143 Å². The molecule has 0 bridgehead atoms. The number of nitrogens with one attached hydrogen (secondary N) is 1. The molecular weight excluding hydrogens is 356 g/mol. The molecule has 4 rings (SSSR count). The number of fused-ring (bicyclic) bond motifs is 2. The lowest BCUT2D eigenvalue weighted by molar-refractivity contribution is 0.401. The summed E-state index contributed by atoms with van der Waals surface area (Å²) in [6.07, 6.45) is 3.09. The van der Waals surface area contributed by atoms with E-state index in [9.17, 15) is 0 Å². The molecule has 3 aromatic rings. The molecule has 1 N–H and O–H groups in total. The van der Waals surface area contributed by atoms with Crippen molar-refractivity contribution in [2.24, 2.45) is 0 Å². The number of H-pyrrole nitrogens is 1. The zero-order valence-electron chi connectivity index (χ0n) is 12.0. The lowest BCUT2D eigenvalue weighted by Crippen LogP contribution is -2.35. The molecule has 4 heteroatoms. The molecular formula is C18H15BrN2S. The number of nitrogens with zero attached hydrogens (tertiary/aromatic N) is 1. The lowest BCUT2D eigenvalue weighted by Gasteiger charge is -2.30. The third kappa shape index (κ3) is 2.36. The smallest absolute Gasteiger partial charge is 0.111 e. The summed E-state index contributed by atoms with van der Waals surface area (Å²) in [4.78, 5) is 6.56. The molecule has 0 spiro atoms. The third-order valence-electron chi connectivity index (χ3n) is 4.29. The van der Waals surface area contributed by atoms with Gasteiger partial charge >= 0.3 is 0 Å². The van der Waals surface area contributed by atoms with Crippen molar-refractivity contribution < 1.29 is 0 Å². The van der Waals surface area contributed by atoms with Gasteiger partial charge in [0.1, 0.15) is 4.99 Å². The number of hydrogen-bond donors (Lipinski definition) is 1. The largest absolute Gasteiger partial charge is 0.360 e. The van der Waals surface area contributed by atoms with Crippen molar-refractivity contribution in [3.8, 4) is 0 Å². The zero-order valence-corrected chi connectivity index (χ0v) is 14.4. The maximum absolute atomic E-state index is 5.78. The van der Waals surface area contributed by atoms with Gasteiger partial charge in [0, 0.05) is 40.2 Å². The highest BCUT2D eigenvalue weighted by Crippen LogP contribution is 2.26. The van der Waals surface area contributed by atoms with Gasteiger partial charge in [0.05, 0.1) is 0 Å². The summed E-state index contributed by atoms with van der Waals surface area (Å²) in [7, 11) is 0. The van der Waals surface area contributed by atoms with Crippen molar-refractivity contribution >= 4 is 44.0 Å². The van der Waals surface area contributed by atoms with Gasteiger partial charge in [0.25, 0.3) is 0 Å². The average molecular weight is 371 g/mol. The van der Waals surface area contributed by atoms with E-state index in [2.05, 4.69) is 62.2 Å². The second-order valence-corrected chi connectivity index (χ2v) is 6.94. The molecule has 0 unspecified atom stereocenters. The van der Waals surface area contributed by atoms with Crippen molar-refractivity contribution in [2.75, 3.05) is 6.54 Å². The Morgan fingerprint density at radius 3 is 2.82 bits per heavy atom. The SMILES string of the molecule is S=C(c1c[nH]c2ccc(Br)cc12)N1CCc2ccccc2C1. The molecule has 0 atom stereocenters. The van der Waals surface area contributed by atoms with Crippen LogP contribution in [-0.4, -0.2) is 21.4 Å². The Morgan fingerprint density at radius 2 is 1.95 bits per heavy atom. The molecule has 22 heavy (non-hydrogen) atoms. The highest BCUT2D eigenvalue weighted by Gasteiger charge is 2.20. The highest BCUT2D eigenvalue weighted by molar-refractivity contribution is 9.10. The Balaban J connectivity index is 1.68. The van der Waals surface area contributed by atoms with Gasteiger partial charge in [-0.1, -0.05) is 52.4 Å². The predicted molar refractivity (Wildman–Crippen MR) is 98.3 cm³/mol. The minimum atomic E-state index is 0.898. The quantitative estimate of drug-likeness (QED) is 0.628. The molecule has 110 valence electrons. The Hall–Kier alpha value is -1.65. The van der Waals surface area contributed by atoms with Crippen molar-refractivity contribution in [1.82, 2.24) is 9.88 Å². The van der Waals surface area contributed by atoms with E-state index in [1.807, 2.05) is 12.3 Å². The van der Waals surface area contributed by atoms with E-state index in [4.69, 9.17) is 12.2 Å². The van der Waals surface area contributed by atoms with Crippen LogP contribution in [0.15, 0.2) is 53.1 Å². The van der Waals surface area contributed by atoms with Gasteiger partial charge in [-0.25, -0.2) is 0 Å². The van der Waals surface area contributed by atoms with Gasteiger partial charge in [-0.2, -0.15) is 0 Å². The van der Waals surface area contributed by atoms with Crippen LogP contribution in [0.3, 0.4) is 0 Å². The van der Waals surface area contributed by atoms with Gasteiger partial charge in [0.2, 0.25) is 0 Å². The monoisotopic (exact) mass is 370 g/mol. The Kier molecular flexibility index (Phi) is 3.51. The molecule has 1 aliphatic heterocycles. The summed E-state index contributed by atoms with van der Waals surface area (Å²) < 4.78 is 1.08. The fraction of sp³-hybridized carbons (Fsp3) is 0.167. The molecule has 0 saturated carbocycles. The third-order valence-corrected chi connectivity index (χ3v) is 5.26. The molecule has 2 heterocycles. The Bertz CT molecular complexity index is 868. The first-order valence-corrected chi connectivity index (χ1v) is 8.55. The van der Waals surface area contributed by atoms with E-state index in [0.29, 0.717) is 0 Å². The molecule has 0 saturated heterocycles. The van der Waals surface area contributed by atoms with E-state index in [1.165, 1.54) is 16.5 Å². The van der Waals surface area contributed by atoms with E-state index in [1.54, 1.807) is 0 Å². The fourth-order valence-electron chi connectivity index (χ4n) is 3.11. The molecule has 0 amide bonds. The molecule has 0 aliphatic carbocycles. The molecule has 2 nitrogen and oxygen atoms in total. The summed E-state index contributed by atoms with van der Waals surface area (Å²) in [6, 6.07) is 14.9. The summed E-state index contributed by atoms with van der Waals surface area (Å²) in [5.74, 6) is 0. The molecule has 1 aromatic heterocycles. The van der Waals surface area contributed by atoms with E-state index in [0.717, 1.165) is 40.1 Å². The number of halogens is 1. The standard InChI is InChI=1S/C18H15BrN2S/c19-14-5-6-17-15(9-14)16(10-20-17)18(22)21-8-7-12-3-1-2-4-13(12)11-21/h1-6,9-10,20H,7-8,11H2. The van der Waals surface area contributed by atoms with Crippen LogP contribution in [0, 0.1) is 0 Å². The first kappa shape index (κ1) is 14.0. The number of hydrogen-bond acceptors (Lipinski definition) is 1. The maximum atomic E-state index is 5.78. The van der Waals surface area contributed by atoms with E-state index < -0.39 is 0 Å². The molecule has 1 aliphatic rings. The average Bonchev–Trinajstić information content (AvgIpc) is 2.96. The second-order valence-electron chi connectivity index (χ2n) is 5.64. The number of rotatable bonds is 1. The van der Waals surface area contributed by atoms with E-state index >= 15 is 0 Å². The van der Waals surface area contributed by atoms with Crippen molar-refractivity contribution in [1.29, 1.82) is 0 Å². The fourth-order valence-corrected chi connectivity index (χ4v) is 3.80. The van der Waals surface area contributed by atoms with Gasteiger partial charge in [0.15, 0.2) is 0 Å². The zero-order chi connectivity index (χ0) is 15.1. The maximum Gasteiger partial charge on any atom is 0.111 e. The van der Waals surface area contributed by atoms with Gasteiger partial charge < -0.3 is 9.88 Å². The lowest BCUT2D eigenvalue weighted by atomic mass is 9.99. The van der Waals surface area contributed by atoms with Crippen LogP contribution < -0.4 is 0 Å². The van der Waals surface area contributed by atoms with Crippen LogP contribution >= 0.6 is 28.1 Å².